The van der Waals surface area contributed by atoms with Crippen LogP contribution in [-0.4, -0.2) is 23.3 Å². The highest BCUT2D eigenvalue weighted by Crippen LogP contribution is 2.81. The molecule has 10 heteroatoms. The Morgan fingerprint density at radius 1 is 1.00 bits per heavy atom. The van der Waals surface area contributed by atoms with Crippen molar-refractivity contribution in [1.29, 1.82) is 0 Å². The number of aromatic nitrogens is 1. The summed E-state index contributed by atoms with van der Waals surface area (Å²) >= 11 is 0. The zero-order chi connectivity index (χ0) is 23.2. The summed E-state index contributed by atoms with van der Waals surface area (Å²) in [5.74, 6) is -5.38. The average Bonchev–Trinajstić information content (AvgIpc) is 3.40. The molecule has 4 fully saturated rings. The van der Waals surface area contributed by atoms with E-state index >= 15 is 8.78 Å². The van der Waals surface area contributed by atoms with Gasteiger partial charge in [-0.1, -0.05) is 0 Å². The number of hydrogen-bond acceptors (Lipinski definition) is 2. The van der Waals surface area contributed by atoms with Crippen molar-refractivity contribution in [2.24, 2.45) is 5.41 Å². The molecule has 3 nitrogen and oxygen atoms in total. The molecule has 1 aliphatic heterocycles. The second kappa shape index (κ2) is 6.36. The van der Waals surface area contributed by atoms with E-state index in [0.29, 0.717) is 11.6 Å². The summed E-state index contributed by atoms with van der Waals surface area (Å²) in [5, 5.41) is 0. The maximum Gasteiger partial charge on any atom is 0.390 e. The van der Waals surface area contributed by atoms with Crippen LogP contribution in [0.3, 0.4) is 0 Å². The molecule has 3 aliphatic carbocycles. The van der Waals surface area contributed by atoms with E-state index in [2.05, 4.69) is 0 Å². The van der Waals surface area contributed by atoms with E-state index in [1.807, 2.05) is 0 Å². The van der Waals surface area contributed by atoms with Crippen LogP contribution < -0.4 is 5.56 Å². The van der Waals surface area contributed by atoms with Crippen LogP contribution in [0.25, 0.3) is 0 Å². The zero-order valence-electron chi connectivity index (χ0n) is 16.6. The van der Waals surface area contributed by atoms with Gasteiger partial charge in [-0.2, -0.15) is 13.2 Å². The van der Waals surface area contributed by atoms with Crippen LogP contribution in [0.2, 0.25) is 0 Å². The van der Waals surface area contributed by atoms with Crippen molar-refractivity contribution in [3.05, 3.63) is 69.6 Å². The van der Waals surface area contributed by atoms with Crippen LogP contribution in [-0.2, 0) is 22.3 Å². The summed E-state index contributed by atoms with van der Waals surface area (Å²) in [5.41, 5.74) is -4.71. The highest BCUT2D eigenvalue weighted by molar-refractivity contribution is 5.44. The second-order valence-electron chi connectivity index (χ2n) is 9.22. The molecular weight excluding hydrogens is 443 g/mol. The molecule has 1 atom stereocenters. The molecule has 4 aliphatic rings. The quantitative estimate of drug-likeness (QED) is 0.445. The maximum absolute atomic E-state index is 15.6. The fraction of sp³-hybridized carbons (Fsp3) is 0.500. The Kier molecular flexibility index (Phi) is 4.27. The number of rotatable bonds is 6. The number of alkyl halides is 5. The predicted molar refractivity (Wildman–Crippen MR) is 98.3 cm³/mol. The third kappa shape index (κ3) is 2.87. The highest BCUT2D eigenvalue weighted by Gasteiger charge is 2.85. The highest BCUT2D eigenvalue weighted by atomic mass is 19.4. The van der Waals surface area contributed by atoms with Crippen molar-refractivity contribution in [3.63, 3.8) is 0 Å². The fourth-order valence-corrected chi connectivity index (χ4v) is 5.52. The van der Waals surface area contributed by atoms with E-state index in [9.17, 15) is 26.7 Å². The SMILES string of the molecule is O=c1cc(C23CC(C(F)(F)C4(c5ccc(F)cc5F)CO4)(C2)C3)ccn1CCC(F)(F)F. The van der Waals surface area contributed by atoms with Crippen molar-refractivity contribution in [1.82, 2.24) is 4.57 Å². The molecule has 2 heterocycles. The van der Waals surface area contributed by atoms with Gasteiger partial charge in [0, 0.05) is 35.9 Å². The third-order valence-corrected chi connectivity index (χ3v) is 7.25. The normalized spacial score (nSPS) is 31.1. The standard InChI is InChI=1S/C22H18F7NO2/c23-14-1-2-15(16(24)8-14)20(12-32-20)22(28,29)19-9-18(10-19,11-19)13-3-5-30(17(31)7-13)6-4-21(25,26)27/h1-3,5,7-8H,4,6,9-12H2. The van der Waals surface area contributed by atoms with Crippen molar-refractivity contribution >= 4 is 0 Å². The zero-order valence-corrected chi connectivity index (χ0v) is 16.6. The minimum atomic E-state index is -4.39. The Balaban J connectivity index is 1.34. The summed E-state index contributed by atoms with van der Waals surface area (Å²) in [6, 6.07) is 5.15. The van der Waals surface area contributed by atoms with Crippen molar-refractivity contribution in [3.8, 4) is 0 Å². The fourth-order valence-electron chi connectivity index (χ4n) is 5.52. The lowest BCUT2D eigenvalue weighted by Crippen LogP contribution is -2.74. The minimum absolute atomic E-state index is 0.0485. The Labute approximate surface area is 177 Å². The first kappa shape index (κ1) is 21.5. The lowest BCUT2D eigenvalue weighted by Gasteiger charge is -2.73. The molecule has 6 rings (SSSR count). The summed E-state index contributed by atoms with van der Waals surface area (Å²) in [7, 11) is 0. The van der Waals surface area contributed by atoms with E-state index < -0.39 is 58.7 Å². The number of hydrogen-bond donors (Lipinski definition) is 0. The molecule has 1 aromatic carbocycles. The molecule has 0 amide bonds. The van der Waals surface area contributed by atoms with Crippen LogP contribution >= 0.6 is 0 Å². The van der Waals surface area contributed by atoms with Gasteiger partial charge in [-0.3, -0.25) is 4.79 Å². The van der Waals surface area contributed by atoms with E-state index in [-0.39, 0.29) is 31.4 Å². The molecule has 2 aromatic rings. The van der Waals surface area contributed by atoms with Gasteiger partial charge in [-0.25, -0.2) is 17.6 Å². The molecule has 172 valence electrons. The van der Waals surface area contributed by atoms with Gasteiger partial charge in [0.05, 0.1) is 13.0 Å². The number of pyridine rings is 1. The van der Waals surface area contributed by atoms with Crippen molar-refractivity contribution in [2.75, 3.05) is 6.61 Å². The first-order chi connectivity index (χ1) is 14.8. The molecule has 0 radical (unpaired) electrons. The van der Waals surface area contributed by atoms with Crippen molar-refractivity contribution < 1.29 is 35.5 Å². The molecule has 1 saturated heterocycles. The van der Waals surface area contributed by atoms with Gasteiger partial charge < -0.3 is 9.30 Å². The van der Waals surface area contributed by atoms with Crippen LogP contribution in [0.15, 0.2) is 41.3 Å². The van der Waals surface area contributed by atoms with Gasteiger partial charge in [0.25, 0.3) is 11.5 Å². The van der Waals surface area contributed by atoms with E-state index in [1.165, 1.54) is 18.3 Å². The Bertz CT molecular complexity index is 1130. The average molecular weight is 461 g/mol. The molecule has 1 aromatic heterocycles. The molecular formula is C22H18F7NO2. The first-order valence-electron chi connectivity index (χ1n) is 10.1. The van der Waals surface area contributed by atoms with Crippen LogP contribution in [0.5, 0.6) is 0 Å². The number of benzene rings is 1. The lowest BCUT2D eigenvalue weighted by atomic mass is 9.31. The molecule has 1 unspecified atom stereocenters. The van der Waals surface area contributed by atoms with Gasteiger partial charge in [0.15, 0.2) is 5.60 Å². The largest absolute Gasteiger partial charge is 0.390 e. The Morgan fingerprint density at radius 2 is 1.66 bits per heavy atom. The van der Waals surface area contributed by atoms with Gasteiger partial charge >= 0.3 is 6.18 Å². The first-order valence-corrected chi connectivity index (χ1v) is 10.1. The summed E-state index contributed by atoms with van der Waals surface area (Å²) in [4.78, 5) is 12.2. The van der Waals surface area contributed by atoms with E-state index in [0.717, 1.165) is 16.7 Å². The second-order valence-corrected chi connectivity index (χ2v) is 9.22. The summed E-state index contributed by atoms with van der Waals surface area (Å²) in [6.07, 6.45) is -4.13. The molecule has 2 bridgehead atoms. The smallest absolute Gasteiger partial charge is 0.358 e. The maximum atomic E-state index is 15.6. The van der Waals surface area contributed by atoms with Gasteiger partial charge in [-0.05, 0) is 48.4 Å². The van der Waals surface area contributed by atoms with Gasteiger partial charge in [0.1, 0.15) is 11.6 Å². The van der Waals surface area contributed by atoms with Crippen LogP contribution in [0.1, 0.15) is 36.8 Å². The monoisotopic (exact) mass is 461 g/mol. The molecule has 32 heavy (non-hydrogen) atoms. The van der Waals surface area contributed by atoms with Gasteiger partial charge in [0.2, 0.25) is 0 Å². The van der Waals surface area contributed by atoms with E-state index in [4.69, 9.17) is 4.74 Å². The Hall–Kier alpha value is -2.36. The summed E-state index contributed by atoms with van der Waals surface area (Å²) in [6.45, 7) is -0.896. The minimum Gasteiger partial charge on any atom is -0.358 e. The number of aryl methyl sites for hydroxylation is 1. The molecule has 0 N–H and O–H groups in total. The number of epoxide rings is 1. The van der Waals surface area contributed by atoms with Gasteiger partial charge in [-0.15, -0.1) is 0 Å². The summed E-state index contributed by atoms with van der Waals surface area (Å²) < 4.78 is 102. The topological polar surface area (TPSA) is 34.5 Å². The van der Waals surface area contributed by atoms with Crippen LogP contribution in [0, 0.1) is 17.0 Å². The predicted octanol–water partition coefficient (Wildman–Crippen LogP) is 5.06. The number of halogens is 7. The van der Waals surface area contributed by atoms with Crippen LogP contribution in [0.4, 0.5) is 30.7 Å². The Morgan fingerprint density at radius 3 is 2.19 bits per heavy atom. The lowest BCUT2D eigenvalue weighted by molar-refractivity contribution is -0.306. The van der Waals surface area contributed by atoms with Crippen molar-refractivity contribution in [2.45, 2.75) is 55.3 Å². The molecule has 0 spiro atoms. The molecule has 3 saturated carbocycles. The number of ether oxygens (including phenoxy) is 1. The third-order valence-electron chi connectivity index (χ3n) is 7.25. The number of nitrogens with zero attached hydrogens (tertiary/aromatic N) is 1. The van der Waals surface area contributed by atoms with E-state index in [1.54, 1.807) is 0 Å².